The van der Waals surface area contributed by atoms with Gasteiger partial charge in [-0.2, -0.15) is 0 Å². The molecule has 1 unspecified atom stereocenters. The third-order valence-corrected chi connectivity index (χ3v) is 6.60. The zero-order valence-corrected chi connectivity index (χ0v) is 18.7. The van der Waals surface area contributed by atoms with E-state index in [1.165, 1.54) is 17.6 Å². The number of H-pyrrole nitrogens is 1. The molecule has 1 aromatic heterocycles. The highest BCUT2D eigenvalue weighted by atomic mass is 16.5. The molecule has 0 saturated carbocycles. The van der Waals surface area contributed by atoms with Gasteiger partial charge >= 0.3 is 5.97 Å². The van der Waals surface area contributed by atoms with E-state index in [1.54, 1.807) is 13.8 Å². The number of ketones is 1. The predicted molar refractivity (Wildman–Crippen MR) is 115 cm³/mol. The number of aryl methyl sites for hydroxylation is 1. The number of quaternary nitrogens is 1. The van der Waals surface area contributed by atoms with Crippen molar-refractivity contribution >= 4 is 11.8 Å². The molecule has 166 valence electrons. The molecule has 0 radical (unpaired) electrons. The molecule has 2 aliphatic rings. The Morgan fingerprint density at radius 1 is 1.16 bits per heavy atom. The summed E-state index contributed by atoms with van der Waals surface area (Å²) < 4.78 is 16.5. The number of aromatic nitrogens is 1. The topological polar surface area (TPSA) is 82.1 Å². The first-order valence-electron chi connectivity index (χ1n) is 11.0. The second-order valence-corrected chi connectivity index (χ2v) is 8.48. The van der Waals surface area contributed by atoms with Crippen LogP contribution in [0.15, 0.2) is 18.2 Å². The van der Waals surface area contributed by atoms with Gasteiger partial charge in [0, 0.05) is 30.5 Å². The number of hydrogen-bond acceptors (Lipinski definition) is 5. The number of nitrogens with one attached hydrogen (secondary N) is 2. The Labute approximate surface area is 182 Å². The van der Waals surface area contributed by atoms with Crippen molar-refractivity contribution in [2.75, 3.05) is 26.9 Å². The van der Waals surface area contributed by atoms with E-state index in [2.05, 4.69) is 17.1 Å². The molecule has 1 saturated heterocycles. The Hall–Kier alpha value is -2.80. The molecule has 2 aliphatic heterocycles. The lowest BCUT2D eigenvalue weighted by atomic mass is 10.00. The summed E-state index contributed by atoms with van der Waals surface area (Å²) >= 11 is 0. The summed E-state index contributed by atoms with van der Waals surface area (Å²) in [6.45, 7) is 7.82. The SMILES string of the molecule is COC(=O)c1c(C)[nH]c(C(=O)[C@H](C)[NH+]2CCC[C@@H]2c2ccc3c(c2)OCCCO3)c1C. The molecular formula is C24H31N2O5+. The Morgan fingerprint density at radius 2 is 1.90 bits per heavy atom. The van der Waals surface area contributed by atoms with Gasteiger partial charge in [-0.25, -0.2) is 4.79 Å². The van der Waals surface area contributed by atoms with Gasteiger partial charge in [0.1, 0.15) is 6.04 Å². The molecule has 4 rings (SSSR count). The first kappa shape index (κ1) is 21.4. The fraction of sp³-hybridized carbons (Fsp3) is 0.500. The van der Waals surface area contributed by atoms with Gasteiger partial charge in [0.05, 0.1) is 38.1 Å². The van der Waals surface area contributed by atoms with Crippen molar-refractivity contribution in [1.82, 2.24) is 4.98 Å². The number of esters is 1. The number of carbonyl (C=O) groups is 2. The van der Waals surface area contributed by atoms with Crippen LogP contribution in [0.4, 0.5) is 0 Å². The summed E-state index contributed by atoms with van der Waals surface area (Å²) in [6, 6.07) is 6.13. The largest absolute Gasteiger partial charge is 0.490 e. The number of rotatable bonds is 5. The highest BCUT2D eigenvalue weighted by Crippen LogP contribution is 2.33. The number of Topliss-reactive ketones (excluding diaryl/α,β-unsaturated/α-hetero) is 1. The summed E-state index contributed by atoms with van der Waals surface area (Å²) in [6.07, 6.45) is 2.95. The van der Waals surface area contributed by atoms with Gasteiger partial charge in [-0.05, 0) is 44.5 Å². The lowest BCUT2D eigenvalue weighted by Gasteiger charge is -2.27. The smallest absolute Gasteiger partial charge is 0.339 e. The highest BCUT2D eigenvalue weighted by Gasteiger charge is 2.39. The first-order chi connectivity index (χ1) is 14.9. The fourth-order valence-electron chi connectivity index (χ4n) is 4.96. The fourth-order valence-corrected chi connectivity index (χ4v) is 4.96. The van der Waals surface area contributed by atoms with Crippen LogP contribution in [-0.4, -0.2) is 49.6 Å². The third kappa shape index (κ3) is 3.94. The van der Waals surface area contributed by atoms with Gasteiger partial charge in [-0.3, -0.25) is 4.79 Å². The van der Waals surface area contributed by atoms with E-state index in [4.69, 9.17) is 14.2 Å². The van der Waals surface area contributed by atoms with Crippen LogP contribution in [0.2, 0.25) is 0 Å². The van der Waals surface area contributed by atoms with Gasteiger partial charge in [-0.1, -0.05) is 0 Å². The number of carbonyl (C=O) groups excluding carboxylic acids is 2. The molecule has 31 heavy (non-hydrogen) atoms. The lowest BCUT2D eigenvalue weighted by Crippen LogP contribution is -3.14. The van der Waals surface area contributed by atoms with Gasteiger partial charge in [0.25, 0.3) is 0 Å². The van der Waals surface area contributed by atoms with Crippen molar-refractivity contribution in [3.05, 3.63) is 46.3 Å². The van der Waals surface area contributed by atoms with Crippen LogP contribution < -0.4 is 14.4 Å². The normalized spacial score (nSPS) is 21.4. The van der Waals surface area contributed by atoms with Crippen molar-refractivity contribution in [2.45, 2.75) is 52.1 Å². The minimum atomic E-state index is -0.420. The average molecular weight is 428 g/mol. The quantitative estimate of drug-likeness (QED) is 0.566. The zero-order valence-electron chi connectivity index (χ0n) is 18.7. The molecule has 7 heteroatoms. The average Bonchev–Trinajstić information content (AvgIpc) is 3.28. The van der Waals surface area contributed by atoms with Crippen LogP contribution in [0, 0.1) is 13.8 Å². The van der Waals surface area contributed by atoms with E-state index in [-0.39, 0.29) is 17.9 Å². The number of aromatic amines is 1. The molecule has 0 amide bonds. The van der Waals surface area contributed by atoms with E-state index in [0.29, 0.717) is 35.7 Å². The second kappa shape index (κ2) is 8.75. The van der Waals surface area contributed by atoms with E-state index in [9.17, 15) is 9.59 Å². The maximum Gasteiger partial charge on any atom is 0.339 e. The van der Waals surface area contributed by atoms with Gasteiger partial charge in [-0.15, -0.1) is 0 Å². The number of fused-ring (bicyclic) bond motifs is 1. The number of likely N-dealkylation sites (tertiary alicyclic amines) is 1. The molecule has 2 N–H and O–H groups in total. The van der Waals surface area contributed by atoms with Gasteiger partial charge in [0.2, 0.25) is 5.78 Å². The van der Waals surface area contributed by atoms with E-state index >= 15 is 0 Å². The number of ether oxygens (including phenoxy) is 3. The zero-order chi connectivity index (χ0) is 22.1. The van der Waals surface area contributed by atoms with E-state index < -0.39 is 5.97 Å². The Bertz CT molecular complexity index is 996. The van der Waals surface area contributed by atoms with Crippen LogP contribution >= 0.6 is 0 Å². The van der Waals surface area contributed by atoms with E-state index in [1.807, 2.05) is 13.0 Å². The van der Waals surface area contributed by atoms with Crippen LogP contribution in [0.1, 0.15) is 69.9 Å². The maximum atomic E-state index is 13.4. The monoisotopic (exact) mass is 427 g/mol. The predicted octanol–water partition coefficient (Wildman–Crippen LogP) is 2.57. The number of hydrogen-bond donors (Lipinski definition) is 2. The van der Waals surface area contributed by atoms with Crippen molar-refractivity contribution in [3.8, 4) is 11.5 Å². The third-order valence-electron chi connectivity index (χ3n) is 6.60. The minimum absolute atomic E-state index is 0.0204. The lowest BCUT2D eigenvalue weighted by molar-refractivity contribution is -0.931. The van der Waals surface area contributed by atoms with Crippen molar-refractivity contribution < 1.29 is 28.7 Å². The van der Waals surface area contributed by atoms with Crippen molar-refractivity contribution in [2.24, 2.45) is 0 Å². The number of methoxy groups -OCH3 is 1. The molecule has 0 aliphatic carbocycles. The molecule has 2 aromatic rings. The molecule has 1 aromatic carbocycles. The van der Waals surface area contributed by atoms with Crippen LogP contribution in [0.25, 0.3) is 0 Å². The van der Waals surface area contributed by atoms with Crippen LogP contribution in [0.3, 0.4) is 0 Å². The van der Waals surface area contributed by atoms with E-state index in [0.717, 1.165) is 37.3 Å². The highest BCUT2D eigenvalue weighted by molar-refractivity contribution is 6.03. The Balaban J connectivity index is 1.59. The number of benzene rings is 1. The molecular weight excluding hydrogens is 396 g/mol. The minimum Gasteiger partial charge on any atom is -0.490 e. The summed E-state index contributed by atoms with van der Waals surface area (Å²) in [7, 11) is 1.35. The molecule has 3 heterocycles. The molecule has 3 atom stereocenters. The molecule has 0 spiro atoms. The van der Waals surface area contributed by atoms with Gasteiger partial charge in [0.15, 0.2) is 17.5 Å². The summed E-state index contributed by atoms with van der Waals surface area (Å²) in [5.74, 6) is 1.18. The standard InChI is InChI=1S/C24H30N2O5/c1-14-21(24(28)29-4)15(2)25-22(14)23(27)16(3)26-10-5-7-18(26)17-8-9-19-20(13-17)31-12-6-11-30-19/h8-9,13,16,18,25H,5-7,10-12H2,1-4H3/p+1/t16-,18+/m0/s1. The van der Waals surface area contributed by atoms with Gasteiger partial charge < -0.3 is 24.1 Å². The maximum absolute atomic E-state index is 13.4. The molecule has 1 fully saturated rings. The second-order valence-electron chi connectivity index (χ2n) is 8.48. The van der Waals surface area contributed by atoms with Crippen LogP contribution in [-0.2, 0) is 4.74 Å². The van der Waals surface area contributed by atoms with Crippen molar-refractivity contribution in [1.29, 1.82) is 0 Å². The molecule has 0 bridgehead atoms. The van der Waals surface area contributed by atoms with Crippen molar-refractivity contribution in [3.63, 3.8) is 0 Å². The Morgan fingerprint density at radius 3 is 2.65 bits per heavy atom. The summed E-state index contributed by atoms with van der Waals surface area (Å²) in [5.41, 5.74) is 3.45. The molecule has 7 nitrogen and oxygen atoms in total. The van der Waals surface area contributed by atoms with Crippen LogP contribution in [0.5, 0.6) is 11.5 Å². The summed E-state index contributed by atoms with van der Waals surface area (Å²) in [5, 5.41) is 0. The Kier molecular flexibility index (Phi) is 6.05. The first-order valence-corrected chi connectivity index (χ1v) is 11.0. The summed E-state index contributed by atoms with van der Waals surface area (Å²) in [4.78, 5) is 29.9.